The summed E-state index contributed by atoms with van der Waals surface area (Å²) in [6.45, 7) is 6.05. The van der Waals surface area contributed by atoms with Crippen LogP contribution in [0.1, 0.15) is 6.42 Å². The fraction of sp³-hybridized carbons (Fsp3) is 0.562. The highest BCUT2D eigenvalue weighted by Crippen LogP contribution is 2.18. The van der Waals surface area contributed by atoms with Crippen LogP contribution in [0.3, 0.4) is 0 Å². The molecule has 1 aromatic carbocycles. The van der Waals surface area contributed by atoms with Crippen molar-refractivity contribution in [3.8, 4) is 0 Å². The molecule has 1 N–H and O–H groups in total. The standard InChI is InChI=1S/C16H23N3OS.ClH/c20-16(13-21-15-4-2-1-3-5-15)19-10-8-18(9-11-19)14-6-7-17-12-14;/h1-5,14,17H,6-13H2;1H. The van der Waals surface area contributed by atoms with Crippen molar-refractivity contribution in [3.63, 3.8) is 0 Å². The van der Waals surface area contributed by atoms with E-state index in [0.717, 1.165) is 39.3 Å². The molecule has 2 saturated heterocycles. The zero-order chi connectivity index (χ0) is 14.5. The van der Waals surface area contributed by atoms with Crippen LogP contribution in [0.5, 0.6) is 0 Å². The van der Waals surface area contributed by atoms with Crippen LogP contribution >= 0.6 is 24.2 Å². The summed E-state index contributed by atoms with van der Waals surface area (Å²) in [5.41, 5.74) is 0. The van der Waals surface area contributed by atoms with Crippen molar-refractivity contribution >= 4 is 30.1 Å². The summed E-state index contributed by atoms with van der Waals surface area (Å²) < 4.78 is 0. The minimum Gasteiger partial charge on any atom is -0.339 e. The SMILES string of the molecule is Cl.O=C(CSc1ccccc1)N1CCN(C2CCNC2)CC1. The van der Waals surface area contributed by atoms with E-state index in [9.17, 15) is 4.79 Å². The van der Waals surface area contributed by atoms with Crippen LogP contribution in [0.2, 0.25) is 0 Å². The lowest BCUT2D eigenvalue weighted by Crippen LogP contribution is -2.52. The second-order valence-electron chi connectivity index (χ2n) is 5.67. The number of carbonyl (C=O) groups excluding carboxylic acids is 1. The largest absolute Gasteiger partial charge is 0.339 e. The number of rotatable bonds is 4. The van der Waals surface area contributed by atoms with Gasteiger partial charge in [0.05, 0.1) is 5.75 Å². The van der Waals surface area contributed by atoms with Gasteiger partial charge in [-0.25, -0.2) is 0 Å². The summed E-state index contributed by atoms with van der Waals surface area (Å²) in [5.74, 6) is 0.822. The maximum atomic E-state index is 12.3. The lowest BCUT2D eigenvalue weighted by atomic mass is 10.2. The molecule has 1 amide bonds. The highest BCUT2D eigenvalue weighted by molar-refractivity contribution is 8.00. The first-order chi connectivity index (χ1) is 10.3. The first-order valence-electron chi connectivity index (χ1n) is 7.73. The molecule has 1 atom stereocenters. The Bertz CT molecular complexity index is 460. The summed E-state index contributed by atoms with van der Waals surface area (Å²) in [6, 6.07) is 10.8. The maximum Gasteiger partial charge on any atom is 0.233 e. The number of halogens is 1. The van der Waals surface area contributed by atoms with E-state index in [2.05, 4.69) is 22.3 Å². The molecule has 22 heavy (non-hydrogen) atoms. The molecule has 6 heteroatoms. The second kappa shape index (κ2) is 8.77. The van der Waals surface area contributed by atoms with E-state index < -0.39 is 0 Å². The molecule has 2 heterocycles. The van der Waals surface area contributed by atoms with Crippen LogP contribution in [0.15, 0.2) is 35.2 Å². The molecule has 1 aromatic rings. The van der Waals surface area contributed by atoms with Gasteiger partial charge in [0.1, 0.15) is 0 Å². The molecule has 0 radical (unpaired) electrons. The van der Waals surface area contributed by atoms with Crippen LogP contribution in [-0.2, 0) is 4.79 Å². The molecular formula is C16H24ClN3OS. The molecule has 122 valence electrons. The van der Waals surface area contributed by atoms with Gasteiger partial charge in [-0.3, -0.25) is 9.69 Å². The van der Waals surface area contributed by atoms with Crippen LogP contribution in [0.25, 0.3) is 0 Å². The predicted octanol–water partition coefficient (Wildman–Crippen LogP) is 1.71. The summed E-state index contributed by atoms with van der Waals surface area (Å²) in [4.78, 5) is 18.0. The highest BCUT2D eigenvalue weighted by Gasteiger charge is 2.27. The zero-order valence-electron chi connectivity index (χ0n) is 12.7. The quantitative estimate of drug-likeness (QED) is 0.846. The maximum absolute atomic E-state index is 12.3. The Balaban J connectivity index is 0.00000176. The van der Waals surface area contributed by atoms with Gasteiger partial charge in [0.15, 0.2) is 0 Å². The summed E-state index contributed by atoms with van der Waals surface area (Å²) >= 11 is 1.63. The third-order valence-corrected chi connectivity index (χ3v) is 5.32. The Morgan fingerprint density at radius 2 is 1.91 bits per heavy atom. The van der Waals surface area contributed by atoms with Crippen molar-refractivity contribution < 1.29 is 4.79 Å². The third-order valence-electron chi connectivity index (χ3n) is 4.32. The molecule has 2 aliphatic heterocycles. The Morgan fingerprint density at radius 1 is 1.18 bits per heavy atom. The fourth-order valence-corrected chi connectivity index (χ4v) is 3.86. The van der Waals surface area contributed by atoms with Crippen molar-refractivity contribution in [1.82, 2.24) is 15.1 Å². The molecule has 0 saturated carbocycles. The number of carbonyl (C=O) groups is 1. The van der Waals surface area contributed by atoms with Crippen molar-refractivity contribution in [3.05, 3.63) is 30.3 Å². The van der Waals surface area contributed by atoms with E-state index in [4.69, 9.17) is 0 Å². The first-order valence-corrected chi connectivity index (χ1v) is 8.72. The Labute approximate surface area is 143 Å². The van der Waals surface area contributed by atoms with Crippen LogP contribution in [-0.4, -0.2) is 66.8 Å². The van der Waals surface area contributed by atoms with E-state index in [-0.39, 0.29) is 18.3 Å². The van der Waals surface area contributed by atoms with Crippen molar-refractivity contribution in [2.45, 2.75) is 17.4 Å². The average molecular weight is 342 g/mol. The third kappa shape index (κ3) is 4.62. The second-order valence-corrected chi connectivity index (χ2v) is 6.71. The lowest BCUT2D eigenvalue weighted by Gasteiger charge is -2.37. The molecule has 2 aliphatic rings. The normalized spacial score (nSPS) is 22.4. The number of nitrogens with zero attached hydrogens (tertiary/aromatic N) is 2. The molecule has 3 rings (SSSR count). The smallest absolute Gasteiger partial charge is 0.233 e. The number of amides is 1. The van der Waals surface area contributed by atoms with Gasteiger partial charge in [-0.05, 0) is 25.1 Å². The average Bonchev–Trinajstić information content (AvgIpc) is 3.08. The lowest BCUT2D eigenvalue weighted by molar-refractivity contribution is -0.130. The van der Waals surface area contributed by atoms with Crippen LogP contribution in [0, 0.1) is 0 Å². The van der Waals surface area contributed by atoms with E-state index in [1.165, 1.54) is 11.3 Å². The minimum atomic E-state index is 0. The van der Waals surface area contributed by atoms with E-state index in [0.29, 0.717) is 11.8 Å². The Morgan fingerprint density at radius 3 is 2.55 bits per heavy atom. The molecule has 0 bridgehead atoms. The van der Waals surface area contributed by atoms with Gasteiger partial charge in [-0.1, -0.05) is 18.2 Å². The predicted molar refractivity (Wildman–Crippen MR) is 93.8 cm³/mol. The van der Waals surface area contributed by atoms with Crippen molar-refractivity contribution in [1.29, 1.82) is 0 Å². The van der Waals surface area contributed by atoms with Crippen LogP contribution < -0.4 is 5.32 Å². The Hall–Kier alpha value is -0.750. The van der Waals surface area contributed by atoms with Gasteiger partial charge in [0.25, 0.3) is 0 Å². The van der Waals surface area contributed by atoms with Gasteiger partial charge in [-0.15, -0.1) is 24.2 Å². The van der Waals surface area contributed by atoms with Gasteiger partial charge in [-0.2, -0.15) is 0 Å². The van der Waals surface area contributed by atoms with Gasteiger partial charge < -0.3 is 10.2 Å². The number of hydrogen-bond acceptors (Lipinski definition) is 4. The molecule has 0 spiro atoms. The molecular weight excluding hydrogens is 318 g/mol. The summed E-state index contributed by atoms with van der Waals surface area (Å²) in [6.07, 6.45) is 1.25. The van der Waals surface area contributed by atoms with Gasteiger partial charge >= 0.3 is 0 Å². The monoisotopic (exact) mass is 341 g/mol. The van der Waals surface area contributed by atoms with E-state index in [1.807, 2.05) is 23.1 Å². The minimum absolute atomic E-state index is 0. The van der Waals surface area contributed by atoms with Crippen molar-refractivity contribution in [2.75, 3.05) is 45.0 Å². The van der Waals surface area contributed by atoms with Crippen molar-refractivity contribution in [2.24, 2.45) is 0 Å². The number of thioether (sulfide) groups is 1. The fourth-order valence-electron chi connectivity index (χ4n) is 3.04. The summed E-state index contributed by atoms with van der Waals surface area (Å²) in [7, 11) is 0. The Kier molecular flexibility index (Phi) is 7.02. The van der Waals surface area contributed by atoms with Gasteiger partial charge in [0, 0.05) is 43.7 Å². The number of hydrogen-bond donors (Lipinski definition) is 1. The summed E-state index contributed by atoms with van der Waals surface area (Å²) in [5, 5.41) is 3.42. The number of piperazine rings is 1. The van der Waals surface area contributed by atoms with Gasteiger partial charge in [0.2, 0.25) is 5.91 Å². The van der Waals surface area contributed by atoms with E-state index >= 15 is 0 Å². The molecule has 0 aromatic heterocycles. The molecule has 2 fully saturated rings. The zero-order valence-corrected chi connectivity index (χ0v) is 14.4. The number of benzene rings is 1. The first kappa shape index (κ1) is 17.6. The van der Waals surface area contributed by atoms with Crippen LogP contribution in [0.4, 0.5) is 0 Å². The van der Waals surface area contributed by atoms with E-state index in [1.54, 1.807) is 11.8 Å². The molecule has 4 nitrogen and oxygen atoms in total. The topological polar surface area (TPSA) is 35.6 Å². The molecule has 0 aliphatic carbocycles. The highest BCUT2D eigenvalue weighted by atomic mass is 35.5. The number of nitrogens with one attached hydrogen (secondary N) is 1. The molecule has 1 unspecified atom stereocenters.